The molecule has 0 saturated carbocycles. The topological polar surface area (TPSA) is 66.8 Å². The Bertz CT molecular complexity index is 688. The molecule has 2 bridgehead atoms. The van der Waals surface area contributed by atoms with Gasteiger partial charge in [-0.3, -0.25) is 9.59 Å². The molecule has 0 unspecified atom stereocenters. The van der Waals surface area contributed by atoms with Crippen molar-refractivity contribution in [2.24, 2.45) is 11.8 Å². The van der Waals surface area contributed by atoms with E-state index < -0.39 is 23.5 Å². The SMILES string of the molecule is O=C1[C@H]2[C@@H](C(=O)N1c1ccccc1Cl)[C@@]1(CO)C=C[C@H]2O1. The first-order valence-corrected chi connectivity index (χ1v) is 7.07. The van der Waals surface area contributed by atoms with Gasteiger partial charge in [0.05, 0.1) is 35.3 Å². The van der Waals surface area contributed by atoms with Crippen molar-refractivity contribution < 1.29 is 19.4 Å². The number of benzene rings is 1. The molecule has 3 aliphatic heterocycles. The van der Waals surface area contributed by atoms with Crippen LogP contribution in [0.5, 0.6) is 0 Å². The summed E-state index contributed by atoms with van der Waals surface area (Å²) in [5.74, 6) is -1.94. The molecule has 0 aromatic heterocycles. The van der Waals surface area contributed by atoms with E-state index in [4.69, 9.17) is 16.3 Å². The lowest BCUT2D eigenvalue weighted by atomic mass is 9.77. The van der Waals surface area contributed by atoms with Crippen LogP contribution in [-0.4, -0.2) is 35.2 Å². The number of amides is 2. The zero-order valence-corrected chi connectivity index (χ0v) is 11.7. The number of rotatable bonds is 2. The molecule has 4 rings (SSSR count). The Morgan fingerprint density at radius 3 is 2.76 bits per heavy atom. The summed E-state index contributed by atoms with van der Waals surface area (Å²) in [5, 5.41) is 9.97. The van der Waals surface area contributed by atoms with Crippen LogP contribution in [0.1, 0.15) is 0 Å². The fraction of sp³-hybridized carbons (Fsp3) is 0.333. The molecule has 0 aliphatic carbocycles. The average molecular weight is 306 g/mol. The van der Waals surface area contributed by atoms with Gasteiger partial charge in [-0.15, -0.1) is 0 Å². The van der Waals surface area contributed by atoms with Crippen molar-refractivity contribution in [2.75, 3.05) is 11.5 Å². The van der Waals surface area contributed by atoms with Crippen LogP contribution in [0, 0.1) is 11.8 Å². The summed E-state index contributed by atoms with van der Waals surface area (Å²) in [6.07, 6.45) is 2.99. The van der Waals surface area contributed by atoms with Crippen molar-refractivity contribution in [2.45, 2.75) is 11.7 Å². The molecule has 21 heavy (non-hydrogen) atoms. The number of halogens is 1. The van der Waals surface area contributed by atoms with Crippen molar-refractivity contribution in [1.82, 2.24) is 0 Å². The van der Waals surface area contributed by atoms with Crippen molar-refractivity contribution in [1.29, 1.82) is 0 Å². The third-order valence-electron chi connectivity index (χ3n) is 4.50. The van der Waals surface area contributed by atoms with Crippen LogP contribution in [0.2, 0.25) is 5.02 Å². The van der Waals surface area contributed by atoms with Crippen LogP contribution in [0.25, 0.3) is 0 Å². The number of nitrogens with zero attached hydrogens (tertiary/aromatic N) is 1. The molecule has 108 valence electrons. The molecular formula is C15H12ClNO4. The number of ether oxygens (including phenoxy) is 1. The maximum absolute atomic E-state index is 12.7. The minimum atomic E-state index is -1.07. The number of fused-ring (bicyclic) bond motifs is 5. The van der Waals surface area contributed by atoms with Crippen LogP contribution in [0.4, 0.5) is 5.69 Å². The van der Waals surface area contributed by atoms with Crippen molar-refractivity contribution in [3.63, 3.8) is 0 Å². The summed E-state index contributed by atoms with van der Waals surface area (Å²) >= 11 is 6.11. The molecule has 5 nitrogen and oxygen atoms in total. The third-order valence-corrected chi connectivity index (χ3v) is 4.82. The predicted octanol–water partition coefficient (Wildman–Crippen LogP) is 1.15. The molecule has 2 fully saturated rings. The van der Waals surface area contributed by atoms with E-state index in [0.717, 1.165) is 4.90 Å². The number of carbonyl (C=O) groups is 2. The first-order chi connectivity index (χ1) is 10.1. The Labute approximate surface area is 125 Å². The Morgan fingerprint density at radius 2 is 2.05 bits per heavy atom. The van der Waals surface area contributed by atoms with Gasteiger partial charge in [0, 0.05) is 0 Å². The summed E-state index contributed by atoms with van der Waals surface area (Å²) in [7, 11) is 0. The number of para-hydroxylation sites is 1. The van der Waals surface area contributed by atoms with E-state index in [-0.39, 0.29) is 18.4 Å². The Hall–Kier alpha value is -1.69. The minimum absolute atomic E-state index is 0.317. The molecule has 1 N–H and O–H groups in total. The standard InChI is InChI=1S/C15H12ClNO4/c16-8-3-1-2-4-9(8)17-13(19)11-10-5-6-15(7-18,21-10)12(11)14(17)20/h1-6,10-12,18H,7H2/t10-,11-,12+,15+/m1/s1. The number of hydrogen-bond acceptors (Lipinski definition) is 4. The quantitative estimate of drug-likeness (QED) is 0.657. The van der Waals surface area contributed by atoms with Gasteiger partial charge in [0.2, 0.25) is 11.8 Å². The van der Waals surface area contributed by atoms with Gasteiger partial charge in [0.15, 0.2) is 0 Å². The number of aliphatic hydroxyl groups excluding tert-OH is 1. The highest BCUT2D eigenvalue weighted by Crippen LogP contribution is 2.52. The highest BCUT2D eigenvalue weighted by molar-refractivity contribution is 6.36. The maximum Gasteiger partial charge on any atom is 0.241 e. The molecule has 3 heterocycles. The van der Waals surface area contributed by atoms with E-state index in [1.165, 1.54) is 0 Å². The minimum Gasteiger partial charge on any atom is -0.393 e. The molecule has 2 amide bonds. The van der Waals surface area contributed by atoms with E-state index >= 15 is 0 Å². The highest BCUT2D eigenvalue weighted by atomic mass is 35.5. The van der Waals surface area contributed by atoms with Crippen LogP contribution in [0.15, 0.2) is 36.4 Å². The molecule has 4 atom stereocenters. The summed E-state index contributed by atoms with van der Waals surface area (Å²) in [5.41, 5.74) is -0.686. The molecule has 6 heteroatoms. The lowest BCUT2D eigenvalue weighted by Gasteiger charge is -2.26. The van der Waals surface area contributed by atoms with Gasteiger partial charge in [-0.1, -0.05) is 35.9 Å². The molecule has 3 aliphatic rings. The normalized spacial score (nSPS) is 36.7. The van der Waals surface area contributed by atoms with E-state index in [1.807, 2.05) is 0 Å². The van der Waals surface area contributed by atoms with Crippen LogP contribution in [0.3, 0.4) is 0 Å². The summed E-state index contributed by atoms with van der Waals surface area (Å²) < 4.78 is 5.67. The fourth-order valence-electron chi connectivity index (χ4n) is 3.55. The van der Waals surface area contributed by atoms with E-state index in [1.54, 1.807) is 36.4 Å². The first kappa shape index (κ1) is 13.0. The number of hydrogen-bond donors (Lipinski definition) is 1. The van der Waals surface area contributed by atoms with Gasteiger partial charge < -0.3 is 9.84 Å². The number of anilines is 1. The van der Waals surface area contributed by atoms with Crippen LogP contribution in [-0.2, 0) is 14.3 Å². The number of aliphatic hydroxyl groups is 1. The zero-order chi connectivity index (χ0) is 14.8. The number of carbonyl (C=O) groups excluding carboxylic acids is 2. The lowest BCUT2D eigenvalue weighted by Crippen LogP contribution is -2.43. The number of imide groups is 1. The smallest absolute Gasteiger partial charge is 0.241 e. The molecule has 2 saturated heterocycles. The Kier molecular flexibility index (Phi) is 2.58. The third kappa shape index (κ3) is 1.48. The Morgan fingerprint density at radius 1 is 1.29 bits per heavy atom. The molecule has 1 aromatic rings. The van der Waals surface area contributed by atoms with Gasteiger partial charge >= 0.3 is 0 Å². The average Bonchev–Trinajstić information content (AvgIpc) is 3.12. The second-order valence-electron chi connectivity index (χ2n) is 5.52. The Balaban J connectivity index is 1.81. The van der Waals surface area contributed by atoms with E-state index in [2.05, 4.69) is 0 Å². The second-order valence-corrected chi connectivity index (χ2v) is 5.93. The highest BCUT2D eigenvalue weighted by Gasteiger charge is 2.67. The van der Waals surface area contributed by atoms with Crippen LogP contribution >= 0.6 is 11.6 Å². The summed E-state index contributed by atoms with van der Waals surface area (Å²) in [4.78, 5) is 26.5. The van der Waals surface area contributed by atoms with Crippen molar-refractivity contribution in [3.8, 4) is 0 Å². The molecule has 0 radical (unpaired) electrons. The fourth-order valence-corrected chi connectivity index (χ4v) is 3.77. The molecule has 1 aromatic carbocycles. The first-order valence-electron chi connectivity index (χ1n) is 6.69. The molecule has 0 spiro atoms. The van der Waals surface area contributed by atoms with Gasteiger partial charge in [0.1, 0.15) is 5.60 Å². The maximum atomic E-state index is 12.7. The zero-order valence-electron chi connectivity index (χ0n) is 10.9. The van der Waals surface area contributed by atoms with Crippen molar-refractivity contribution >= 4 is 29.1 Å². The summed E-state index contributed by atoms with van der Waals surface area (Å²) in [6, 6.07) is 6.74. The monoisotopic (exact) mass is 305 g/mol. The summed E-state index contributed by atoms with van der Waals surface area (Å²) in [6.45, 7) is -0.323. The lowest BCUT2D eigenvalue weighted by molar-refractivity contribution is -0.128. The van der Waals surface area contributed by atoms with Gasteiger partial charge in [-0.2, -0.15) is 0 Å². The van der Waals surface area contributed by atoms with E-state index in [9.17, 15) is 14.7 Å². The van der Waals surface area contributed by atoms with Gasteiger partial charge in [-0.25, -0.2) is 4.90 Å². The van der Waals surface area contributed by atoms with E-state index in [0.29, 0.717) is 10.7 Å². The largest absolute Gasteiger partial charge is 0.393 e. The van der Waals surface area contributed by atoms with Gasteiger partial charge in [0.25, 0.3) is 0 Å². The molecular weight excluding hydrogens is 294 g/mol. The predicted molar refractivity (Wildman–Crippen MR) is 74.8 cm³/mol. The second kappa shape index (κ2) is 4.16. The van der Waals surface area contributed by atoms with Crippen LogP contribution < -0.4 is 4.90 Å². The van der Waals surface area contributed by atoms with Crippen molar-refractivity contribution in [3.05, 3.63) is 41.4 Å². The van der Waals surface area contributed by atoms with Gasteiger partial charge in [-0.05, 0) is 12.1 Å².